The minimum Gasteiger partial charge on any atom is -0.448 e. The second-order valence-electron chi connectivity index (χ2n) is 15.7. The number of amides is 2. The maximum Gasteiger partial charge on any atom is 0.329 e. The number of oxazole rings is 1. The molecule has 6 heterocycles. The predicted octanol–water partition coefficient (Wildman–Crippen LogP) is 5.79. The largest absolute Gasteiger partial charge is 0.448 e. The number of likely N-dealkylation sites (tertiary alicyclic amines) is 1. The van der Waals surface area contributed by atoms with Crippen molar-refractivity contribution in [1.82, 2.24) is 29.3 Å². The number of thiazole rings is 1. The van der Waals surface area contributed by atoms with Crippen LogP contribution in [0.2, 0.25) is 0 Å². The van der Waals surface area contributed by atoms with E-state index in [0.29, 0.717) is 47.5 Å². The number of imidazole rings is 1. The molecular formula is C40H48N8O5S. The monoisotopic (exact) mass is 752 g/mol. The Hall–Kier alpha value is -4.79. The zero-order valence-electron chi connectivity index (χ0n) is 31.4. The number of aromatic nitrogens is 4. The summed E-state index contributed by atoms with van der Waals surface area (Å²) in [6.45, 7) is 13.9. The Kier molecular flexibility index (Phi) is 9.47. The summed E-state index contributed by atoms with van der Waals surface area (Å²) >= 11 is 1.60. The molecule has 2 amide bonds. The lowest BCUT2D eigenvalue weighted by atomic mass is 9.87. The molecule has 2 aromatic carbocycles. The highest BCUT2D eigenvalue weighted by molar-refractivity contribution is 7.22. The highest BCUT2D eigenvalue weighted by Crippen LogP contribution is 2.39. The van der Waals surface area contributed by atoms with Crippen molar-refractivity contribution in [2.45, 2.75) is 76.9 Å². The van der Waals surface area contributed by atoms with E-state index in [9.17, 15) is 19.5 Å². The third-order valence-electron chi connectivity index (χ3n) is 11.5. The molecule has 1 atom stereocenters. The molecule has 3 aliphatic heterocycles. The number of allylic oxidation sites excluding steroid dienone is 1. The first-order valence-electron chi connectivity index (χ1n) is 18.9. The normalized spacial score (nSPS) is 19.6. The van der Waals surface area contributed by atoms with Gasteiger partial charge in [0, 0.05) is 50.6 Å². The summed E-state index contributed by atoms with van der Waals surface area (Å²) in [6, 6.07) is 9.40. The van der Waals surface area contributed by atoms with Crippen LogP contribution in [0, 0.1) is 12.8 Å². The lowest BCUT2D eigenvalue weighted by molar-refractivity contribution is -0.124. The predicted molar refractivity (Wildman–Crippen MR) is 210 cm³/mol. The van der Waals surface area contributed by atoms with Crippen molar-refractivity contribution in [2.24, 2.45) is 13.0 Å². The van der Waals surface area contributed by atoms with E-state index < -0.39 is 17.6 Å². The highest BCUT2D eigenvalue weighted by Gasteiger charge is 2.32. The Balaban J connectivity index is 0.895. The second kappa shape index (κ2) is 14.1. The molecule has 0 saturated carbocycles. The molecule has 14 heteroatoms. The van der Waals surface area contributed by atoms with Gasteiger partial charge in [-0.05, 0) is 101 Å². The number of piperidine rings is 3. The first kappa shape index (κ1) is 36.2. The Morgan fingerprint density at radius 3 is 2.54 bits per heavy atom. The minimum atomic E-state index is -1.20. The number of benzene rings is 2. The summed E-state index contributed by atoms with van der Waals surface area (Å²) in [5, 5.41) is 17.7. The maximum absolute atomic E-state index is 13.5. The molecule has 284 valence electrons. The number of carbonyl (C=O) groups excluding carboxylic acids is 2. The van der Waals surface area contributed by atoms with Gasteiger partial charge in [-0.25, -0.2) is 14.8 Å². The van der Waals surface area contributed by atoms with Crippen molar-refractivity contribution >= 4 is 55.2 Å². The molecule has 3 fully saturated rings. The highest BCUT2D eigenvalue weighted by atomic mass is 32.1. The Morgan fingerprint density at radius 1 is 1.09 bits per heavy atom. The van der Waals surface area contributed by atoms with Crippen LogP contribution in [0.5, 0.6) is 0 Å². The van der Waals surface area contributed by atoms with Gasteiger partial charge in [0.1, 0.15) is 12.3 Å². The Morgan fingerprint density at radius 2 is 1.85 bits per heavy atom. The number of aliphatic hydroxyl groups is 1. The van der Waals surface area contributed by atoms with Gasteiger partial charge in [0.2, 0.25) is 5.91 Å². The first-order valence-corrected chi connectivity index (χ1v) is 19.7. The van der Waals surface area contributed by atoms with Gasteiger partial charge in [-0.3, -0.25) is 18.7 Å². The average Bonchev–Trinajstić information content (AvgIpc) is 3.84. The van der Waals surface area contributed by atoms with Crippen molar-refractivity contribution < 1.29 is 19.1 Å². The number of aryl methyl sites for hydroxylation is 2. The van der Waals surface area contributed by atoms with Gasteiger partial charge >= 0.3 is 5.69 Å². The van der Waals surface area contributed by atoms with Crippen molar-refractivity contribution in [3.05, 3.63) is 82.1 Å². The van der Waals surface area contributed by atoms with E-state index in [0.717, 1.165) is 84.8 Å². The SMILES string of the molecule is C=C1CCC(n2c(=O)n(C)c3c(C4CCN(CC5CCN(c6nc7cc(C(C)(C)O)c(NC(=O)c8coc(C)n8)cc7s6)CC5)CC4)cccc32)C(=O)N1. The summed E-state index contributed by atoms with van der Waals surface area (Å²) in [6.07, 6.45) is 6.79. The number of hydrogen-bond donors (Lipinski definition) is 3. The van der Waals surface area contributed by atoms with Crippen LogP contribution in [0.25, 0.3) is 21.3 Å². The molecule has 0 spiro atoms. The lowest BCUT2D eigenvalue weighted by Gasteiger charge is -2.38. The van der Waals surface area contributed by atoms with E-state index >= 15 is 0 Å². The zero-order valence-corrected chi connectivity index (χ0v) is 32.2. The van der Waals surface area contributed by atoms with E-state index in [1.165, 1.54) is 11.8 Å². The van der Waals surface area contributed by atoms with Crippen LogP contribution in [0.4, 0.5) is 10.8 Å². The van der Waals surface area contributed by atoms with Crippen LogP contribution in [-0.2, 0) is 17.4 Å². The topological polar surface area (TPSA) is 151 Å². The third kappa shape index (κ3) is 6.86. The fourth-order valence-electron chi connectivity index (χ4n) is 8.57. The van der Waals surface area contributed by atoms with Gasteiger partial charge in [-0.15, -0.1) is 0 Å². The number of rotatable bonds is 8. The van der Waals surface area contributed by atoms with E-state index in [2.05, 4.69) is 38.1 Å². The van der Waals surface area contributed by atoms with Crippen LogP contribution in [0.3, 0.4) is 0 Å². The van der Waals surface area contributed by atoms with Crippen LogP contribution in [0.15, 0.2) is 58.1 Å². The van der Waals surface area contributed by atoms with Crippen LogP contribution in [0.1, 0.15) is 91.8 Å². The summed E-state index contributed by atoms with van der Waals surface area (Å²) < 4.78 is 9.57. The Bertz CT molecular complexity index is 2310. The van der Waals surface area contributed by atoms with E-state index in [4.69, 9.17) is 9.40 Å². The van der Waals surface area contributed by atoms with Gasteiger partial charge in [-0.1, -0.05) is 30.0 Å². The van der Waals surface area contributed by atoms with Crippen LogP contribution < -0.4 is 21.2 Å². The van der Waals surface area contributed by atoms with E-state index in [1.54, 1.807) is 41.2 Å². The number of nitrogens with zero attached hydrogens (tertiary/aromatic N) is 6. The maximum atomic E-state index is 13.5. The standard InChI is InChI=1S/C40H48N8O5S/c1-23-9-10-33(37(50)41-23)48-32-8-6-7-27(35(32)45(5)39(48)51)26-13-15-46(16-14-26)21-25-11-17-47(18-12-25)38-44-30-19-28(40(3,4)52)29(20-34(30)54-38)43-36(49)31-22-53-24(2)42-31/h6-8,19-20,22,25-26,33,52H,1,9-18,21H2,2-5H3,(H,41,50)(H,43,49). The van der Waals surface area contributed by atoms with Crippen molar-refractivity contribution in [1.29, 1.82) is 0 Å². The molecule has 8 rings (SSSR count). The summed E-state index contributed by atoms with van der Waals surface area (Å²) in [7, 11) is 1.83. The molecule has 13 nitrogen and oxygen atoms in total. The van der Waals surface area contributed by atoms with Crippen molar-refractivity contribution in [2.75, 3.05) is 42.9 Å². The third-order valence-corrected chi connectivity index (χ3v) is 12.6. The molecule has 54 heavy (non-hydrogen) atoms. The minimum absolute atomic E-state index is 0.147. The van der Waals surface area contributed by atoms with Gasteiger partial charge in [0.05, 0.1) is 26.9 Å². The van der Waals surface area contributed by atoms with Gasteiger partial charge in [0.25, 0.3) is 5.91 Å². The number of nitrogens with one attached hydrogen (secondary N) is 2. The fraction of sp³-hybridized carbons (Fsp3) is 0.475. The van der Waals surface area contributed by atoms with E-state index in [-0.39, 0.29) is 17.3 Å². The lowest BCUT2D eigenvalue weighted by Crippen LogP contribution is -2.41. The second-order valence-corrected chi connectivity index (χ2v) is 16.7. The van der Waals surface area contributed by atoms with Gasteiger partial charge < -0.3 is 30.0 Å². The van der Waals surface area contributed by atoms with Gasteiger partial charge in [-0.2, -0.15) is 0 Å². The summed E-state index contributed by atoms with van der Waals surface area (Å²) in [5.74, 6) is 0.801. The van der Waals surface area contributed by atoms with Crippen molar-refractivity contribution in [3.8, 4) is 0 Å². The molecule has 1 unspecified atom stereocenters. The molecule has 0 bridgehead atoms. The molecule has 0 radical (unpaired) electrons. The van der Waals surface area contributed by atoms with E-state index in [1.807, 2.05) is 31.3 Å². The zero-order chi connectivity index (χ0) is 37.9. The van der Waals surface area contributed by atoms with Gasteiger partial charge in [0.15, 0.2) is 16.7 Å². The summed E-state index contributed by atoms with van der Waals surface area (Å²) in [5.41, 5.74) is 4.42. The molecule has 3 N–H and O–H groups in total. The molecule has 3 saturated heterocycles. The number of carbonyl (C=O) groups is 2. The fourth-order valence-corrected chi connectivity index (χ4v) is 9.61. The molecule has 0 aliphatic carbocycles. The smallest absolute Gasteiger partial charge is 0.329 e. The number of para-hydroxylation sites is 1. The Labute approximate surface area is 317 Å². The number of hydrogen-bond acceptors (Lipinski definition) is 10. The summed E-state index contributed by atoms with van der Waals surface area (Å²) in [4.78, 5) is 53.4. The average molecular weight is 753 g/mol. The first-order chi connectivity index (χ1) is 25.8. The van der Waals surface area contributed by atoms with Crippen LogP contribution in [-0.4, -0.2) is 73.6 Å². The van der Waals surface area contributed by atoms with Crippen molar-refractivity contribution in [3.63, 3.8) is 0 Å². The molecular weight excluding hydrogens is 705 g/mol. The molecule has 3 aliphatic rings. The number of fused-ring (bicyclic) bond motifs is 2. The molecule has 5 aromatic rings. The quantitative estimate of drug-likeness (QED) is 0.179. The molecule has 3 aromatic heterocycles. The van der Waals surface area contributed by atoms with Crippen LogP contribution >= 0.6 is 11.3 Å². The number of anilines is 2.